The molecule has 1 N–H and O–H groups in total. The van der Waals surface area contributed by atoms with Gasteiger partial charge in [-0.2, -0.15) is 0 Å². The van der Waals surface area contributed by atoms with Gasteiger partial charge in [0.2, 0.25) is 0 Å². The average Bonchev–Trinajstić information content (AvgIpc) is 2.00. The molecular formula is C9H16N2O3. The minimum Gasteiger partial charge on any atom is -0.375 e. The maximum absolute atomic E-state index is 10.7. The van der Waals surface area contributed by atoms with Crippen LogP contribution in [-0.2, 0) is 9.47 Å². The summed E-state index contributed by atoms with van der Waals surface area (Å²) < 4.78 is 10.2. The summed E-state index contributed by atoms with van der Waals surface area (Å²) in [6.45, 7) is 8.48. The number of hydrogen-bond donors (Lipinski definition) is 1. The van der Waals surface area contributed by atoms with Crippen molar-refractivity contribution in [2.45, 2.75) is 32.2 Å². The van der Waals surface area contributed by atoms with E-state index in [-0.39, 0.29) is 5.54 Å². The van der Waals surface area contributed by atoms with Crippen molar-refractivity contribution < 1.29 is 14.3 Å². The predicted molar refractivity (Wildman–Crippen MR) is 49.6 cm³/mol. The SMILES string of the molecule is CC(C)(C)N1CCNCC12OC(=O)O2. The molecule has 0 bridgehead atoms. The summed E-state index contributed by atoms with van der Waals surface area (Å²) in [5, 5.41) is 3.16. The van der Waals surface area contributed by atoms with Crippen molar-refractivity contribution in [2.75, 3.05) is 19.6 Å². The maximum atomic E-state index is 10.7. The number of ether oxygens (including phenoxy) is 2. The number of hydrogen-bond acceptors (Lipinski definition) is 5. The summed E-state index contributed by atoms with van der Waals surface area (Å²) >= 11 is 0. The number of carbonyl (C=O) groups is 1. The molecule has 0 saturated carbocycles. The van der Waals surface area contributed by atoms with Crippen molar-refractivity contribution >= 4 is 6.16 Å². The van der Waals surface area contributed by atoms with Gasteiger partial charge in [-0.1, -0.05) is 0 Å². The zero-order chi connectivity index (χ0) is 10.4. The van der Waals surface area contributed by atoms with Crippen LogP contribution in [0, 0.1) is 0 Å². The summed E-state index contributed by atoms with van der Waals surface area (Å²) in [6, 6.07) is 0. The third-order valence-corrected chi connectivity index (χ3v) is 2.57. The first kappa shape index (κ1) is 9.73. The van der Waals surface area contributed by atoms with Crippen LogP contribution in [0.5, 0.6) is 0 Å². The second-order valence-electron chi connectivity index (χ2n) is 4.67. The molecule has 0 amide bonds. The quantitative estimate of drug-likeness (QED) is 0.577. The number of nitrogens with zero attached hydrogens (tertiary/aromatic N) is 1. The Morgan fingerprint density at radius 2 is 2.07 bits per heavy atom. The first-order valence-corrected chi connectivity index (χ1v) is 4.84. The van der Waals surface area contributed by atoms with Crippen molar-refractivity contribution in [1.82, 2.24) is 10.2 Å². The molecule has 0 aromatic heterocycles. The highest BCUT2D eigenvalue weighted by molar-refractivity contribution is 5.65. The van der Waals surface area contributed by atoms with Crippen LogP contribution in [0.1, 0.15) is 20.8 Å². The van der Waals surface area contributed by atoms with Gasteiger partial charge in [0, 0.05) is 18.6 Å². The van der Waals surface area contributed by atoms with Gasteiger partial charge in [0.15, 0.2) is 0 Å². The van der Waals surface area contributed by atoms with Crippen LogP contribution in [0.2, 0.25) is 0 Å². The van der Waals surface area contributed by atoms with E-state index in [9.17, 15) is 4.79 Å². The topological polar surface area (TPSA) is 50.8 Å². The van der Waals surface area contributed by atoms with E-state index in [4.69, 9.17) is 9.47 Å². The first-order valence-electron chi connectivity index (χ1n) is 4.84. The minimum atomic E-state index is -0.854. The lowest BCUT2D eigenvalue weighted by Gasteiger charge is -2.53. The molecule has 2 aliphatic rings. The van der Waals surface area contributed by atoms with E-state index in [1.165, 1.54) is 0 Å². The van der Waals surface area contributed by atoms with Gasteiger partial charge in [-0.25, -0.2) is 9.69 Å². The lowest BCUT2D eigenvalue weighted by molar-refractivity contribution is -0.363. The second-order valence-corrected chi connectivity index (χ2v) is 4.67. The second kappa shape index (κ2) is 2.84. The molecule has 0 unspecified atom stereocenters. The number of rotatable bonds is 0. The maximum Gasteiger partial charge on any atom is 0.517 e. The van der Waals surface area contributed by atoms with E-state index in [1.807, 2.05) is 0 Å². The molecule has 14 heavy (non-hydrogen) atoms. The highest BCUT2D eigenvalue weighted by atomic mass is 16.9. The third kappa shape index (κ3) is 1.36. The van der Waals surface area contributed by atoms with Crippen molar-refractivity contribution in [3.8, 4) is 0 Å². The van der Waals surface area contributed by atoms with E-state index < -0.39 is 12.1 Å². The molecule has 0 aromatic carbocycles. The molecule has 80 valence electrons. The smallest absolute Gasteiger partial charge is 0.375 e. The summed E-state index contributed by atoms with van der Waals surface area (Å²) in [5.41, 5.74) is -0.0667. The Bertz CT molecular complexity index is 251. The third-order valence-electron chi connectivity index (χ3n) is 2.57. The molecule has 5 nitrogen and oxygen atoms in total. The molecule has 0 aromatic rings. The molecule has 2 aliphatic heterocycles. The highest BCUT2D eigenvalue weighted by Crippen LogP contribution is 2.35. The fraction of sp³-hybridized carbons (Fsp3) is 0.889. The van der Waals surface area contributed by atoms with Crippen LogP contribution < -0.4 is 5.32 Å². The summed E-state index contributed by atoms with van der Waals surface area (Å²) in [7, 11) is 0. The Morgan fingerprint density at radius 1 is 1.43 bits per heavy atom. The molecule has 2 heterocycles. The highest BCUT2D eigenvalue weighted by Gasteiger charge is 2.57. The Balaban J connectivity index is 2.17. The lowest BCUT2D eigenvalue weighted by Crippen LogP contribution is -2.74. The Kier molecular flexibility index (Phi) is 1.97. The van der Waals surface area contributed by atoms with Crippen LogP contribution in [-0.4, -0.2) is 42.1 Å². The molecule has 2 fully saturated rings. The van der Waals surface area contributed by atoms with Crippen LogP contribution in [0.25, 0.3) is 0 Å². The van der Waals surface area contributed by atoms with E-state index in [0.717, 1.165) is 13.1 Å². The normalized spacial score (nSPS) is 26.6. The van der Waals surface area contributed by atoms with E-state index in [2.05, 4.69) is 31.0 Å². The van der Waals surface area contributed by atoms with Crippen molar-refractivity contribution in [3.05, 3.63) is 0 Å². The van der Waals surface area contributed by atoms with Gasteiger partial charge < -0.3 is 14.8 Å². The van der Waals surface area contributed by atoms with E-state index in [0.29, 0.717) is 6.54 Å². The summed E-state index contributed by atoms with van der Waals surface area (Å²) in [6.07, 6.45) is -0.581. The lowest BCUT2D eigenvalue weighted by atomic mass is 10.0. The Labute approximate surface area is 83.3 Å². The van der Waals surface area contributed by atoms with Crippen LogP contribution in [0.3, 0.4) is 0 Å². The predicted octanol–water partition coefficient (Wildman–Crippen LogP) is 0.511. The molecule has 2 saturated heterocycles. The van der Waals surface area contributed by atoms with Crippen molar-refractivity contribution in [2.24, 2.45) is 0 Å². The van der Waals surface area contributed by atoms with Gasteiger partial charge in [0.25, 0.3) is 0 Å². The van der Waals surface area contributed by atoms with Gasteiger partial charge in [0.1, 0.15) is 0 Å². The van der Waals surface area contributed by atoms with Crippen LogP contribution in [0.4, 0.5) is 4.79 Å². The summed E-state index contributed by atoms with van der Waals surface area (Å²) in [5.74, 6) is -0.854. The standard InChI is InChI=1S/C9H16N2O3/c1-8(2,3)11-5-4-10-6-9(11)13-7(12)14-9/h10H,4-6H2,1-3H3. The van der Waals surface area contributed by atoms with E-state index >= 15 is 0 Å². The van der Waals surface area contributed by atoms with Crippen molar-refractivity contribution in [3.63, 3.8) is 0 Å². The molecule has 0 radical (unpaired) electrons. The fourth-order valence-corrected chi connectivity index (χ4v) is 2.00. The largest absolute Gasteiger partial charge is 0.517 e. The average molecular weight is 200 g/mol. The Morgan fingerprint density at radius 3 is 2.57 bits per heavy atom. The van der Waals surface area contributed by atoms with Gasteiger partial charge in [-0.05, 0) is 20.8 Å². The minimum absolute atomic E-state index is 0.0667. The van der Waals surface area contributed by atoms with Crippen LogP contribution >= 0.6 is 0 Å². The molecule has 5 heteroatoms. The number of piperazine rings is 1. The number of carbonyl (C=O) groups excluding carboxylic acids is 1. The molecule has 0 aliphatic carbocycles. The summed E-state index contributed by atoms with van der Waals surface area (Å²) in [4.78, 5) is 12.8. The van der Waals surface area contributed by atoms with Gasteiger partial charge in [0.05, 0.1) is 6.54 Å². The molecule has 2 rings (SSSR count). The molecule has 0 atom stereocenters. The first-order chi connectivity index (χ1) is 6.44. The molecule has 1 spiro atoms. The van der Waals surface area contributed by atoms with Gasteiger partial charge in [-0.15, -0.1) is 0 Å². The van der Waals surface area contributed by atoms with Gasteiger partial charge >= 0.3 is 12.1 Å². The zero-order valence-electron chi connectivity index (χ0n) is 8.79. The van der Waals surface area contributed by atoms with Crippen molar-refractivity contribution in [1.29, 1.82) is 0 Å². The number of nitrogens with one attached hydrogen (secondary N) is 1. The van der Waals surface area contributed by atoms with Gasteiger partial charge in [-0.3, -0.25) is 0 Å². The van der Waals surface area contributed by atoms with E-state index in [1.54, 1.807) is 0 Å². The molecular weight excluding hydrogens is 184 g/mol. The zero-order valence-corrected chi connectivity index (χ0v) is 8.79. The monoisotopic (exact) mass is 200 g/mol. The fourth-order valence-electron chi connectivity index (χ4n) is 2.00. The van der Waals surface area contributed by atoms with Crippen LogP contribution in [0.15, 0.2) is 0 Å². The Hall–Kier alpha value is -0.810.